The van der Waals surface area contributed by atoms with Crippen LogP contribution in [0.25, 0.3) is 5.76 Å². The maximum Gasteiger partial charge on any atom is 0.417 e. The first kappa shape index (κ1) is 30.0. The van der Waals surface area contributed by atoms with Crippen LogP contribution in [0.1, 0.15) is 41.5 Å². The number of benzene rings is 1. The smallest absolute Gasteiger partial charge is 0.417 e. The number of hydrogen-bond acceptors (Lipinski definition) is 10. The molecule has 7 N–H and O–H groups in total. The van der Waals surface area contributed by atoms with Crippen molar-refractivity contribution in [2.75, 3.05) is 27.2 Å². The van der Waals surface area contributed by atoms with Crippen molar-refractivity contribution in [1.82, 2.24) is 9.80 Å². The molecule has 0 aromatic heterocycles. The highest BCUT2D eigenvalue weighted by Gasteiger charge is 2.64. The predicted molar refractivity (Wildman–Crippen MR) is 140 cm³/mol. The van der Waals surface area contributed by atoms with Crippen molar-refractivity contribution in [3.8, 4) is 5.75 Å². The second-order valence-electron chi connectivity index (χ2n) is 11.8. The molecule has 42 heavy (non-hydrogen) atoms. The lowest BCUT2D eigenvalue weighted by Gasteiger charge is -2.50. The molecule has 1 heterocycles. The minimum Gasteiger partial charge on any atom is -0.508 e. The van der Waals surface area contributed by atoms with Gasteiger partial charge in [0.1, 0.15) is 22.8 Å². The number of aromatic hydroxyl groups is 1. The molecule has 1 saturated carbocycles. The van der Waals surface area contributed by atoms with E-state index >= 15 is 0 Å². The molecular weight excluding hydrogens is 563 g/mol. The number of ketones is 2. The van der Waals surface area contributed by atoms with Gasteiger partial charge in [0.2, 0.25) is 5.78 Å². The molecule has 1 aromatic carbocycles. The third-order valence-electron chi connectivity index (χ3n) is 9.04. The largest absolute Gasteiger partial charge is 0.508 e. The van der Waals surface area contributed by atoms with E-state index in [4.69, 9.17) is 5.73 Å². The monoisotopic (exact) mass is 595 g/mol. The molecule has 4 atom stereocenters. The normalized spacial score (nSPS) is 29.1. The number of primary amides is 1. The Labute approximate surface area is 238 Å². The number of rotatable bonds is 4. The van der Waals surface area contributed by atoms with Crippen LogP contribution in [0.3, 0.4) is 0 Å². The Morgan fingerprint density at radius 3 is 2.33 bits per heavy atom. The van der Waals surface area contributed by atoms with E-state index < -0.39 is 105 Å². The summed E-state index contributed by atoms with van der Waals surface area (Å²) >= 11 is 0. The Hall–Kier alpha value is -3.46. The van der Waals surface area contributed by atoms with E-state index in [1.54, 1.807) is 4.90 Å². The molecule has 14 heteroatoms. The van der Waals surface area contributed by atoms with E-state index in [0.29, 0.717) is 25.9 Å². The van der Waals surface area contributed by atoms with E-state index in [1.807, 2.05) is 0 Å². The number of nitrogens with two attached hydrogens (primary N) is 1. The summed E-state index contributed by atoms with van der Waals surface area (Å²) in [6.45, 7) is 0.498. The molecule has 0 spiro atoms. The second-order valence-corrected chi connectivity index (χ2v) is 11.8. The van der Waals surface area contributed by atoms with Crippen molar-refractivity contribution in [1.29, 1.82) is 0 Å². The highest BCUT2D eigenvalue weighted by atomic mass is 19.4. The average Bonchev–Trinajstić information content (AvgIpc) is 2.86. The number of amides is 1. The van der Waals surface area contributed by atoms with Gasteiger partial charge in [-0.15, -0.1) is 0 Å². The Morgan fingerprint density at radius 1 is 1.17 bits per heavy atom. The van der Waals surface area contributed by atoms with Crippen LogP contribution in [0.2, 0.25) is 0 Å². The number of phenols is 1. The molecule has 228 valence electrons. The lowest BCUT2D eigenvalue weighted by Crippen LogP contribution is -2.65. The number of phenolic OH excluding ortho intramolecular Hbond substituents is 1. The molecule has 1 aromatic rings. The summed E-state index contributed by atoms with van der Waals surface area (Å²) in [4.78, 5) is 42.1. The number of hydrogen-bond donors (Lipinski definition) is 6. The zero-order valence-corrected chi connectivity index (χ0v) is 22.9. The molecule has 0 bridgehead atoms. The van der Waals surface area contributed by atoms with Crippen molar-refractivity contribution in [3.05, 3.63) is 45.2 Å². The van der Waals surface area contributed by atoms with Gasteiger partial charge >= 0.3 is 6.18 Å². The standard InChI is InChI=1S/C28H32F3N3O8/c1-33(2)21-15-8-11-7-14-18(22(37)17(11)24(39)27(15,42)25(40)19(23(21)38)26(32)41)16(36)9-12(20(14)28(29,30)31)10-34-5-3-13(35)4-6-34/h9,11,13,15,21,35-37,40,42H,3-8,10H2,1-2H3,(H2,32,41)/t11-,15-,21-,27-/m0/s1. The lowest BCUT2D eigenvalue weighted by atomic mass is 9.57. The summed E-state index contributed by atoms with van der Waals surface area (Å²) in [6, 6.07) is -0.461. The molecule has 1 amide bonds. The van der Waals surface area contributed by atoms with Gasteiger partial charge in [-0.05, 0) is 62.9 Å². The first-order chi connectivity index (χ1) is 19.5. The molecular formula is C28H32F3N3O8. The summed E-state index contributed by atoms with van der Waals surface area (Å²) in [5.74, 6) is -9.15. The Morgan fingerprint density at radius 2 is 1.79 bits per heavy atom. The number of carbonyl (C=O) groups excluding carboxylic acids is 3. The summed E-state index contributed by atoms with van der Waals surface area (Å²) in [7, 11) is 2.86. The molecule has 0 radical (unpaired) electrons. The molecule has 0 unspecified atom stereocenters. The van der Waals surface area contributed by atoms with Crippen molar-refractivity contribution in [2.45, 2.75) is 56.2 Å². The maximum atomic E-state index is 14.7. The second kappa shape index (κ2) is 10.1. The van der Waals surface area contributed by atoms with Crippen molar-refractivity contribution < 1.29 is 53.1 Å². The zero-order valence-electron chi connectivity index (χ0n) is 22.9. The molecule has 3 aliphatic carbocycles. The molecule has 2 fully saturated rings. The predicted octanol–water partition coefficient (Wildman–Crippen LogP) is 0.940. The first-order valence-corrected chi connectivity index (χ1v) is 13.5. The number of fused-ring (bicyclic) bond motifs is 3. The van der Waals surface area contributed by atoms with Crippen LogP contribution in [0.4, 0.5) is 13.2 Å². The molecule has 5 rings (SSSR count). The Balaban J connectivity index is 1.68. The van der Waals surface area contributed by atoms with Crippen molar-refractivity contribution >= 4 is 23.2 Å². The van der Waals surface area contributed by atoms with Crippen LogP contribution in [0.15, 0.2) is 23.0 Å². The van der Waals surface area contributed by atoms with Gasteiger partial charge in [0.25, 0.3) is 5.91 Å². The van der Waals surface area contributed by atoms with E-state index in [-0.39, 0.29) is 18.5 Å². The van der Waals surface area contributed by atoms with Crippen LogP contribution < -0.4 is 5.73 Å². The number of likely N-dealkylation sites (N-methyl/N-ethyl adjacent to an activating group) is 1. The van der Waals surface area contributed by atoms with Crippen LogP contribution in [-0.4, -0.2) is 97.7 Å². The average molecular weight is 596 g/mol. The molecule has 4 aliphatic rings. The summed E-state index contributed by atoms with van der Waals surface area (Å²) < 4.78 is 44.0. The number of alkyl halides is 3. The van der Waals surface area contributed by atoms with Gasteiger partial charge in [0, 0.05) is 31.1 Å². The van der Waals surface area contributed by atoms with Crippen molar-refractivity contribution in [3.63, 3.8) is 0 Å². The van der Waals surface area contributed by atoms with Gasteiger partial charge in [0.05, 0.1) is 23.3 Å². The number of aliphatic hydroxyl groups excluding tert-OH is 3. The number of halogens is 3. The Kier molecular flexibility index (Phi) is 7.20. The van der Waals surface area contributed by atoms with E-state index in [0.717, 1.165) is 6.07 Å². The quantitative estimate of drug-likeness (QED) is 0.274. The topological polar surface area (TPSA) is 185 Å². The van der Waals surface area contributed by atoms with Crippen LogP contribution in [0, 0.1) is 11.8 Å². The third kappa shape index (κ3) is 4.39. The molecule has 1 aliphatic heterocycles. The maximum absolute atomic E-state index is 14.7. The van der Waals surface area contributed by atoms with Crippen LogP contribution in [-0.2, 0) is 33.5 Å². The van der Waals surface area contributed by atoms with E-state index in [9.17, 15) is 53.1 Å². The highest BCUT2D eigenvalue weighted by molar-refractivity contribution is 6.24. The summed E-state index contributed by atoms with van der Waals surface area (Å²) in [6.07, 6.45) is -5.49. The van der Waals surface area contributed by atoms with Gasteiger partial charge in [-0.2, -0.15) is 13.2 Å². The van der Waals surface area contributed by atoms with E-state index in [2.05, 4.69) is 0 Å². The number of Topliss-reactive ketones (excluding diaryl/α,β-unsaturated/α-hetero) is 2. The number of carbonyl (C=O) groups is 3. The highest BCUT2D eigenvalue weighted by Crippen LogP contribution is 2.54. The number of aliphatic hydroxyl groups is 4. The Bertz CT molecular complexity index is 1440. The van der Waals surface area contributed by atoms with Crippen LogP contribution >= 0.6 is 0 Å². The minimum atomic E-state index is -4.91. The fraction of sp³-hybridized carbons (Fsp3) is 0.536. The van der Waals surface area contributed by atoms with Gasteiger partial charge in [-0.1, -0.05) is 0 Å². The summed E-state index contributed by atoms with van der Waals surface area (Å²) in [5, 5.41) is 54.4. The van der Waals surface area contributed by atoms with Gasteiger partial charge < -0.3 is 31.3 Å². The third-order valence-corrected chi connectivity index (χ3v) is 9.04. The SMILES string of the molecule is CN(C)[C@@H]1C(=O)C(C(N)=O)=C(O)[C@@]2(O)C(=O)C3=C(O)c4c(O)cc(CN5CCC(O)CC5)c(C(F)(F)F)c4C[C@H]3C[C@@H]12. The minimum absolute atomic E-state index is 0.183. The van der Waals surface area contributed by atoms with Gasteiger partial charge in [-0.3, -0.25) is 24.2 Å². The zero-order chi connectivity index (χ0) is 31.0. The summed E-state index contributed by atoms with van der Waals surface area (Å²) in [5.41, 5.74) is -1.45. The lowest BCUT2D eigenvalue weighted by molar-refractivity contribution is -0.153. The van der Waals surface area contributed by atoms with Gasteiger partial charge in [0.15, 0.2) is 11.4 Å². The molecule has 11 nitrogen and oxygen atoms in total. The van der Waals surface area contributed by atoms with Gasteiger partial charge in [-0.25, -0.2) is 0 Å². The molecule has 1 saturated heterocycles. The fourth-order valence-electron chi connectivity index (χ4n) is 7.18. The van der Waals surface area contributed by atoms with E-state index in [1.165, 1.54) is 19.0 Å². The van der Waals surface area contributed by atoms with Crippen LogP contribution in [0.5, 0.6) is 5.75 Å². The number of nitrogens with zero attached hydrogens (tertiary/aromatic N) is 2. The number of piperidine rings is 1. The number of likely N-dealkylation sites (tertiary alicyclic amines) is 1. The fourth-order valence-corrected chi connectivity index (χ4v) is 7.18. The first-order valence-electron chi connectivity index (χ1n) is 13.5. The van der Waals surface area contributed by atoms with Crippen molar-refractivity contribution in [2.24, 2.45) is 17.6 Å².